The van der Waals surface area contributed by atoms with Crippen molar-refractivity contribution in [2.24, 2.45) is 0 Å². The number of carbonyl (C=O) groups excluding carboxylic acids is 1. The average molecular weight is 328 g/mol. The zero-order chi connectivity index (χ0) is 16.9. The number of aromatic nitrogens is 3. The van der Waals surface area contributed by atoms with Crippen molar-refractivity contribution in [3.8, 4) is 11.3 Å². The molecule has 0 saturated heterocycles. The fourth-order valence-electron chi connectivity index (χ4n) is 2.40. The lowest BCUT2D eigenvalue weighted by Crippen LogP contribution is -2.25. The number of halogens is 1. The van der Waals surface area contributed by atoms with Gasteiger partial charge in [0.1, 0.15) is 11.4 Å². The van der Waals surface area contributed by atoms with Gasteiger partial charge >= 0.3 is 0 Å². The highest BCUT2D eigenvalue weighted by Gasteiger charge is 2.15. The molecule has 124 valence electrons. The quantitative estimate of drug-likeness (QED) is 0.705. The number of nitrogens with one attached hydrogen (secondary N) is 1. The summed E-state index contributed by atoms with van der Waals surface area (Å²) in [7, 11) is 1.62. The second-order valence-corrected chi connectivity index (χ2v) is 5.23. The van der Waals surface area contributed by atoms with E-state index in [1.807, 2.05) is 0 Å². The monoisotopic (exact) mass is 328 g/mol. The van der Waals surface area contributed by atoms with Crippen molar-refractivity contribution in [2.75, 3.05) is 20.3 Å². The number of amides is 1. The molecule has 0 radical (unpaired) electrons. The Morgan fingerprint density at radius 1 is 1.29 bits per heavy atom. The van der Waals surface area contributed by atoms with Crippen LogP contribution < -0.4 is 5.32 Å². The third kappa shape index (κ3) is 3.26. The molecular weight excluding hydrogens is 311 g/mol. The Balaban J connectivity index is 1.89. The highest BCUT2D eigenvalue weighted by Crippen LogP contribution is 2.21. The Bertz CT molecular complexity index is 845. The van der Waals surface area contributed by atoms with E-state index in [2.05, 4.69) is 15.4 Å². The fourth-order valence-corrected chi connectivity index (χ4v) is 2.40. The average Bonchev–Trinajstić information content (AvgIpc) is 3.03. The standard InChI is InChI=1S/C17H17FN4O2/c1-24-10-2-8-20-17(23)14-11-21-22-15(7-9-19-16(14)22)12-3-5-13(18)6-4-12/h3-7,9,11H,2,8,10H2,1H3,(H,20,23). The maximum atomic E-state index is 13.1. The molecule has 1 N–H and O–H groups in total. The number of hydrogen-bond donors (Lipinski definition) is 1. The van der Waals surface area contributed by atoms with Crippen LogP contribution in [-0.2, 0) is 4.74 Å². The topological polar surface area (TPSA) is 68.5 Å². The summed E-state index contributed by atoms with van der Waals surface area (Å²) >= 11 is 0. The van der Waals surface area contributed by atoms with E-state index in [0.29, 0.717) is 24.4 Å². The number of ether oxygens (including phenoxy) is 1. The summed E-state index contributed by atoms with van der Waals surface area (Å²) in [5.41, 5.74) is 2.38. The van der Waals surface area contributed by atoms with Gasteiger partial charge in [-0.2, -0.15) is 5.10 Å². The molecule has 1 amide bonds. The summed E-state index contributed by atoms with van der Waals surface area (Å²) in [6.07, 6.45) is 3.83. The number of nitrogens with zero attached hydrogens (tertiary/aromatic N) is 3. The molecule has 3 rings (SSSR count). The number of rotatable bonds is 6. The van der Waals surface area contributed by atoms with Crippen LogP contribution in [0.15, 0.2) is 42.7 Å². The predicted molar refractivity (Wildman–Crippen MR) is 87.2 cm³/mol. The normalized spacial score (nSPS) is 10.9. The van der Waals surface area contributed by atoms with E-state index in [-0.39, 0.29) is 11.7 Å². The van der Waals surface area contributed by atoms with Gasteiger partial charge in [-0.15, -0.1) is 0 Å². The smallest absolute Gasteiger partial charge is 0.256 e. The zero-order valence-corrected chi connectivity index (χ0v) is 13.2. The van der Waals surface area contributed by atoms with Gasteiger partial charge in [-0.25, -0.2) is 13.9 Å². The van der Waals surface area contributed by atoms with Gasteiger partial charge in [0.25, 0.3) is 5.91 Å². The molecule has 0 bridgehead atoms. The third-order valence-corrected chi connectivity index (χ3v) is 3.60. The van der Waals surface area contributed by atoms with E-state index in [1.54, 1.807) is 36.0 Å². The molecule has 1 aromatic carbocycles. The summed E-state index contributed by atoms with van der Waals surface area (Å²) in [5, 5.41) is 7.07. The molecule has 0 fully saturated rings. The number of methoxy groups -OCH3 is 1. The Morgan fingerprint density at radius 2 is 2.08 bits per heavy atom. The third-order valence-electron chi connectivity index (χ3n) is 3.60. The summed E-state index contributed by atoms with van der Waals surface area (Å²) in [6.45, 7) is 1.10. The van der Waals surface area contributed by atoms with Gasteiger partial charge in [-0.05, 0) is 36.8 Å². The van der Waals surface area contributed by atoms with Crippen molar-refractivity contribution in [3.63, 3.8) is 0 Å². The molecule has 3 aromatic rings. The molecule has 0 aliphatic carbocycles. The second-order valence-electron chi connectivity index (χ2n) is 5.23. The van der Waals surface area contributed by atoms with Crippen molar-refractivity contribution in [2.45, 2.75) is 6.42 Å². The Morgan fingerprint density at radius 3 is 2.83 bits per heavy atom. The van der Waals surface area contributed by atoms with Crippen molar-refractivity contribution < 1.29 is 13.9 Å². The van der Waals surface area contributed by atoms with Gasteiger partial charge < -0.3 is 10.1 Å². The lowest BCUT2D eigenvalue weighted by atomic mass is 10.1. The Labute approximate surface area is 138 Å². The molecule has 0 aliphatic rings. The number of hydrogen-bond acceptors (Lipinski definition) is 4. The van der Waals surface area contributed by atoms with Gasteiger partial charge in [-0.1, -0.05) is 0 Å². The minimum absolute atomic E-state index is 0.232. The van der Waals surface area contributed by atoms with Crippen LogP contribution in [-0.4, -0.2) is 40.8 Å². The summed E-state index contributed by atoms with van der Waals surface area (Å²) in [6, 6.07) is 7.86. The van der Waals surface area contributed by atoms with Crippen LogP contribution in [0.5, 0.6) is 0 Å². The molecule has 0 aliphatic heterocycles. The van der Waals surface area contributed by atoms with Crippen molar-refractivity contribution in [1.29, 1.82) is 0 Å². The lowest BCUT2D eigenvalue weighted by molar-refractivity contribution is 0.0950. The maximum Gasteiger partial charge on any atom is 0.256 e. The van der Waals surface area contributed by atoms with Crippen LogP contribution in [0, 0.1) is 5.82 Å². The number of benzene rings is 1. The van der Waals surface area contributed by atoms with E-state index >= 15 is 0 Å². The van der Waals surface area contributed by atoms with Gasteiger partial charge in [0.05, 0.1) is 11.9 Å². The van der Waals surface area contributed by atoms with Crippen LogP contribution in [0.4, 0.5) is 4.39 Å². The molecule has 0 spiro atoms. The Hall–Kier alpha value is -2.80. The summed E-state index contributed by atoms with van der Waals surface area (Å²) in [4.78, 5) is 16.5. The molecule has 0 atom stereocenters. The van der Waals surface area contributed by atoms with Crippen LogP contribution in [0.25, 0.3) is 16.9 Å². The highest BCUT2D eigenvalue weighted by atomic mass is 19.1. The molecule has 7 heteroatoms. The lowest BCUT2D eigenvalue weighted by Gasteiger charge is -2.06. The van der Waals surface area contributed by atoms with Crippen molar-refractivity contribution >= 4 is 11.6 Å². The first kappa shape index (κ1) is 16.1. The van der Waals surface area contributed by atoms with Gasteiger partial charge in [0.15, 0.2) is 5.65 Å². The minimum atomic E-state index is -0.305. The number of carbonyl (C=O) groups is 1. The highest BCUT2D eigenvalue weighted by molar-refractivity contribution is 5.99. The minimum Gasteiger partial charge on any atom is -0.385 e. The summed E-state index contributed by atoms with van der Waals surface area (Å²) < 4.78 is 19.6. The first-order valence-electron chi connectivity index (χ1n) is 7.56. The maximum absolute atomic E-state index is 13.1. The van der Waals surface area contributed by atoms with E-state index in [1.165, 1.54) is 18.3 Å². The summed E-state index contributed by atoms with van der Waals surface area (Å²) in [5.74, 6) is -0.537. The van der Waals surface area contributed by atoms with Gasteiger partial charge in [0, 0.05) is 32.0 Å². The van der Waals surface area contributed by atoms with Crippen molar-refractivity contribution in [3.05, 3.63) is 54.1 Å². The van der Waals surface area contributed by atoms with Gasteiger partial charge in [-0.3, -0.25) is 4.79 Å². The van der Waals surface area contributed by atoms with E-state index in [0.717, 1.165) is 17.7 Å². The van der Waals surface area contributed by atoms with Crippen molar-refractivity contribution in [1.82, 2.24) is 19.9 Å². The van der Waals surface area contributed by atoms with Crippen LogP contribution >= 0.6 is 0 Å². The first-order chi connectivity index (χ1) is 11.7. The van der Waals surface area contributed by atoms with Gasteiger partial charge in [0.2, 0.25) is 0 Å². The second kappa shape index (κ2) is 7.18. The van der Waals surface area contributed by atoms with Crippen LogP contribution in [0.3, 0.4) is 0 Å². The Kier molecular flexibility index (Phi) is 4.81. The van der Waals surface area contributed by atoms with E-state index < -0.39 is 0 Å². The fraction of sp³-hybridized carbons (Fsp3) is 0.235. The molecule has 24 heavy (non-hydrogen) atoms. The largest absolute Gasteiger partial charge is 0.385 e. The molecular formula is C17H17FN4O2. The predicted octanol–water partition coefficient (Wildman–Crippen LogP) is 2.30. The first-order valence-corrected chi connectivity index (χ1v) is 7.56. The molecule has 0 saturated carbocycles. The molecule has 0 unspecified atom stereocenters. The van der Waals surface area contributed by atoms with E-state index in [9.17, 15) is 9.18 Å². The SMILES string of the molecule is COCCCNC(=O)c1cnn2c(-c3ccc(F)cc3)ccnc12. The van der Waals surface area contributed by atoms with Crippen LogP contribution in [0.2, 0.25) is 0 Å². The van der Waals surface area contributed by atoms with Crippen LogP contribution in [0.1, 0.15) is 16.8 Å². The molecule has 2 aromatic heterocycles. The number of fused-ring (bicyclic) bond motifs is 1. The molecule has 6 nitrogen and oxygen atoms in total. The van der Waals surface area contributed by atoms with E-state index in [4.69, 9.17) is 4.74 Å². The zero-order valence-electron chi connectivity index (χ0n) is 13.2. The molecule has 2 heterocycles.